The lowest BCUT2D eigenvalue weighted by atomic mass is 10.2. The molecule has 1 aliphatic rings. The van der Waals surface area contributed by atoms with E-state index in [4.69, 9.17) is 0 Å². The number of hydrogen-bond donors (Lipinski definition) is 1. The van der Waals surface area contributed by atoms with Crippen LogP contribution in [0.15, 0.2) is 60.0 Å². The molecular weight excluding hydrogens is 210 g/mol. The van der Waals surface area contributed by atoms with Crippen LogP contribution < -0.4 is 5.32 Å². The number of anilines is 1. The molecule has 0 saturated heterocycles. The molecule has 0 unspecified atom stereocenters. The van der Waals surface area contributed by atoms with Crippen LogP contribution in [0.2, 0.25) is 0 Å². The lowest BCUT2D eigenvalue weighted by Gasteiger charge is -2.15. The zero-order valence-corrected chi connectivity index (χ0v) is 9.43. The van der Waals surface area contributed by atoms with E-state index >= 15 is 0 Å². The van der Waals surface area contributed by atoms with Gasteiger partial charge in [-0.2, -0.15) is 0 Å². The molecule has 3 nitrogen and oxygen atoms in total. The first-order valence-electron chi connectivity index (χ1n) is 5.56. The van der Waals surface area contributed by atoms with Crippen molar-refractivity contribution in [3.05, 3.63) is 66.1 Å². The Morgan fingerprint density at radius 2 is 2.00 bits per heavy atom. The molecule has 1 aromatic heterocycles. The third kappa shape index (κ3) is 1.87. The molecule has 0 radical (unpaired) electrons. The molecule has 3 rings (SSSR count). The predicted molar refractivity (Wildman–Crippen MR) is 70.3 cm³/mol. The minimum Gasteiger partial charge on any atom is -0.330 e. The standard InChI is InChI=1S/C14H13N3/c1-11-15-9-13-7-8-17(14(13)16-11)10-12-5-3-2-4-6-12/h2-9,16H,1,10H2. The first-order valence-corrected chi connectivity index (χ1v) is 5.56. The van der Waals surface area contributed by atoms with E-state index in [1.807, 2.05) is 12.3 Å². The number of aliphatic imine (C=N–C) groups is 1. The zero-order chi connectivity index (χ0) is 11.7. The Labute approximate surface area is 100 Å². The molecule has 0 aliphatic carbocycles. The fourth-order valence-electron chi connectivity index (χ4n) is 1.97. The smallest absolute Gasteiger partial charge is 0.124 e. The van der Waals surface area contributed by atoms with Crippen molar-refractivity contribution >= 4 is 12.0 Å². The Kier molecular flexibility index (Phi) is 2.29. The average Bonchev–Trinajstić information content (AvgIpc) is 2.73. The molecule has 1 N–H and O–H groups in total. The minimum atomic E-state index is 0.686. The van der Waals surface area contributed by atoms with E-state index in [-0.39, 0.29) is 0 Å². The second-order valence-electron chi connectivity index (χ2n) is 4.06. The first-order chi connectivity index (χ1) is 8.33. The number of fused-ring (bicyclic) bond motifs is 1. The van der Waals surface area contributed by atoms with Gasteiger partial charge in [-0.05, 0) is 11.6 Å². The largest absolute Gasteiger partial charge is 0.330 e. The average molecular weight is 223 g/mol. The summed E-state index contributed by atoms with van der Waals surface area (Å²) in [6, 6.07) is 12.4. The Hall–Kier alpha value is -2.29. The van der Waals surface area contributed by atoms with Crippen LogP contribution in [-0.2, 0) is 6.54 Å². The van der Waals surface area contributed by atoms with E-state index in [1.54, 1.807) is 0 Å². The molecule has 0 atom stereocenters. The number of rotatable bonds is 2. The van der Waals surface area contributed by atoms with Crippen molar-refractivity contribution in [2.75, 3.05) is 5.32 Å². The van der Waals surface area contributed by atoms with E-state index in [9.17, 15) is 0 Å². The van der Waals surface area contributed by atoms with Gasteiger partial charge in [0, 0.05) is 24.5 Å². The number of nitrogens with zero attached hydrogens (tertiary/aromatic N) is 2. The first kappa shape index (κ1) is 9.90. The molecule has 0 fully saturated rings. The Balaban J connectivity index is 1.93. The van der Waals surface area contributed by atoms with Gasteiger partial charge in [-0.3, -0.25) is 0 Å². The topological polar surface area (TPSA) is 29.3 Å². The third-order valence-corrected chi connectivity index (χ3v) is 2.81. The minimum absolute atomic E-state index is 0.686. The van der Waals surface area contributed by atoms with Crippen molar-refractivity contribution in [2.45, 2.75) is 6.54 Å². The summed E-state index contributed by atoms with van der Waals surface area (Å²) in [5, 5.41) is 3.20. The van der Waals surface area contributed by atoms with Crippen molar-refractivity contribution in [1.82, 2.24) is 4.57 Å². The van der Waals surface area contributed by atoms with Gasteiger partial charge in [-0.1, -0.05) is 36.9 Å². The van der Waals surface area contributed by atoms with Crippen molar-refractivity contribution < 1.29 is 0 Å². The molecule has 1 aliphatic heterocycles. The number of nitrogens with one attached hydrogen (secondary N) is 1. The third-order valence-electron chi connectivity index (χ3n) is 2.81. The van der Waals surface area contributed by atoms with E-state index < -0.39 is 0 Å². The van der Waals surface area contributed by atoms with E-state index in [0.717, 1.165) is 17.9 Å². The second-order valence-corrected chi connectivity index (χ2v) is 4.06. The van der Waals surface area contributed by atoms with Gasteiger partial charge >= 0.3 is 0 Å². The van der Waals surface area contributed by atoms with Gasteiger partial charge in [-0.25, -0.2) is 4.99 Å². The van der Waals surface area contributed by atoms with Crippen molar-refractivity contribution in [1.29, 1.82) is 0 Å². The fraction of sp³-hybridized carbons (Fsp3) is 0.0714. The molecule has 84 valence electrons. The summed E-state index contributed by atoms with van der Waals surface area (Å²) in [6.45, 7) is 4.67. The monoisotopic (exact) mass is 223 g/mol. The maximum Gasteiger partial charge on any atom is 0.124 e. The van der Waals surface area contributed by atoms with Crippen LogP contribution in [0.5, 0.6) is 0 Å². The maximum atomic E-state index is 4.15. The molecule has 2 aromatic rings. The molecule has 0 spiro atoms. The summed E-state index contributed by atoms with van der Waals surface area (Å²) in [6.07, 6.45) is 3.91. The Bertz CT molecular complexity index is 579. The number of aromatic nitrogens is 1. The zero-order valence-electron chi connectivity index (χ0n) is 9.43. The SMILES string of the molecule is C=C1N=Cc2ccn(Cc3ccccc3)c2N1. The molecular formula is C14H13N3. The highest BCUT2D eigenvalue weighted by Gasteiger charge is 2.11. The van der Waals surface area contributed by atoms with Gasteiger partial charge < -0.3 is 9.88 Å². The normalized spacial score (nSPS) is 13.3. The Morgan fingerprint density at radius 1 is 1.18 bits per heavy atom. The fourth-order valence-corrected chi connectivity index (χ4v) is 1.97. The van der Waals surface area contributed by atoms with Crippen LogP contribution in [0, 0.1) is 0 Å². The summed E-state index contributed by atoms with van der Waals surface area (Å²) in [5.74, 6) is 1.75. The van der Waals surface area contributed by atoms with Gasteiger partial charge in [0.05, 0.1) is 0 Å². The maximum absolute atomic E-state index is 4.15. The van der Waals surface area contributed by atoms with Gasteiger partial charge in [0.1, 0.15) is 11.6 Å². The van der Waals surface area contributed by atoms with E-state index in [1.165, 1.54) is 5.56 Å². The van der Waals surface area contributed by atoms with Crippen LogP contribution in [0.4, 0.5) is 5.82 Å². The molecule has 1 aromatic carbocycles. The van der Waals surface area contributed by atoms with Gasteiger partial charge in [0.15, 0.2) is 0 Å². The second kappa shape index (κ2) is 3.94. The molecule has 0 saturated carbocycles. The summed E-state index contributed by atoms with van der Waals surface area (Å²) >= 11 is 0. The quantitative estimate of drug-likeness (QED) is 0.833. The predicted octanol–water partition coefficient (Wildman–Crippen LogP) is 2.85. The van der Waals surface area contributed by atoms with Crippen LogP contribution in [0.1, 0.15) is 11.1 Å². The number of hydrogen-bond acceptors (Lipinski definition) is 2. The van der Waals surface area contributed by atoms with E-state index in [2.05, 4.69) is 58.0 Å². The van der Waals surface area contributed by atoms with Crippen LogP contribution in [-0.4, -0.2) is 10.8 Å². The lowest BCUT2D eigenvalue weighted by molar-refractivity contribution is 0.811. The Morgan fingerprint density at radius 3 is 2.82 bits per heavy atom. The molecule has 2 heterocycles. The van der Waals surface area contributed by atoms with Gasteiger partial charge in [-0.15, -0.1) is 0 Å². The molecule has 0 bridgehead atoms. The molecule has 17 heavy (non-hydrogen) atoms. The highest BCUT2D eigenvalue weighted by molar-refractivity contribution is 5.90. The molecule has 3 heteroatoms. The summed E-state index contributed by atoms with van der Waals surface area (Å²) < 4.78 is 2.17. The van der Waals surface area contributed by atoms with Crippen molar-refractivity contribution in [2.24, 2.45) is 4.99 Å². The van der Waals surface area contributed by atoms with Crippen molar-refractivity contribution in [3.63, 3.8) is 0 Å². The molecule has 0 amide bonds. The van der Waals surface area contributed by atoms with Crippen LogP contribution >= 0.6 is 0 Å². The van der Waals surface area contributed by atoms with E-state index in [0.29, 0.717) is 5.82 Å². The van der Waals surface area contributed by atoms with Crippen LogP contribution in [0.25, 0.3) is 0 Å². The highest BCUT2D eigenvalue weighted by Crippen LogP contribution is 2.22. The number of benzene rings is 1. The summed E-state index contributed by atoms with van der Waals surface area (Å²) in [4.78, 5) is 4.15. The van der Waals surface area contributed by atoms with Gasteiger partial charge in [0.2, 0.25) is 0 Å². The highest BCUT2D eigenvalue weighted by atomic mass is 15.2. The van der Waals surface area contributed by atoms with Crippen LogP contribution in [0.3, 0.4) is 0 Å². The van der Waals surface area contributed by atoms with Crippen molar-refractivity contribution in [3.8, 4) is 0 Å². The summed E-state index contributed by atoms with van der Waals surface area (Å²) in [5.41, 5.74) is 2.38. The summed E-state index contributed by atoms with van der Waals surface area (Å²) in [7, 11) is 0. The lowest BCUT2D eigenvalue weighted by Crippen LogP contribution is -2.10. The van der Waals surface area contributed by atoms with Gasteiger partial charge in [0.25, 0.3) is 0 Å².